The predicted octanol–water partition coefficient (Wildman–Crippen LogP) is 3.34. The number of benzene rings is 1. The van der Waals surface area contributed by atoms with Crippen molar-refractivity contribution in [2.75, 3.05) is 12.8 Å². The van der Waals surface area contributed by atoms with Crippen molar-refractivity contribution in [2.24, 2.45) is 7.05 Å². The largest absolute Gasteiger partial charge is 0.496 e. The first-order chi connectivity index (χ1) is 9.69. The Morgan fingerprint density at radius 2 is 2.00 bits per heavy atom. The third-order valence-corrected chi connectivity index (χ3v) is 4.24. The molecule has 0 aliphatic heterocycles. The van der Waals surface area contributed by atoms with Crippen molar-refractivity contribution in [2.45, 2.75) is 31.6 Å². The summed E-state index contributed by atoms with van der Waals surface area (Å²) in [5.41, 5.74) is 9.19. The van der Waals surface area contributed by atoms with E-state index in [-0.39, 0.29) is 0 Å². The number of ether oxygens (including phenoxy) is 1. The van der Waals surface area contributed by atoms with Gasteiger partial charge >= 0.3 is 0 Å². The Labute approximate surface area is 119 Å². The molecule has 1 fully saturated rings. The molecular weight excluding hydrogens is 250 g/mol. The van der Waals surface area contributed by atoms with Crippen molar-refractivity contribution < 1.29 is 4.74 Å². The van der Waals surface area contributed by atoms with Crippen molar-refractivity contribution in [1.82, 2.24) is 9.78 Å². The fraction of sp³-hybridized carbons (Fsp3) is 0.438. The summed E-state index contributed by atoms with van der Waals surface area (Å²) in [7, 11) is 3.55. The van der Waals surface area contributed by atoms with Crippen LogP contribution in [0.3, 0.4) is 0 Å². The van der Waals surface area contributed by atoms with Gasteiger partial charge in [0.05, 0.1) is 12.8 Å². The molecule has 1 heterocycles. The van der Waals surface area contributed by atoms with E-state index in [1.54, 1.807) is 11.8 Å². The highest BCUT2D eigenvalue weighted by Crippen LogP contribution is 2.38. The Bertz CT molecular complexity index is 593. The third-order valence-electron chi connectivity index (χ3n) is 4.24. The fourth-order valence-electron chi connectivity index (χ4n) is 3.05. The molecule has 0 spiro atoms. The van der Waals surface area contributed by atoms with Gasteiger partial charge in [-0.05, 0) is 36.5 Å². The second-order valence-electron chi connectivity index (χ2n) is 5.52. The number of anilines is 1. The minimum Gasteiger partial charge on any atom is -0.496 e. The Balaban J connectivity index is 2.04. The molecule has 20 heavy (non-hydrogen) atoms. The zero-order valence-corrected chi connectivity index (χ0v) is 12.1. The molecule has 2 aromatic rings. The molecule has 1 saturated carbocycles. The molecule has 1 aliphatic carbocycles. The first-order valence-electron chi connectivity index (χ1n) is 7.17. The lowest BCUT2D eigenvalue weighted by Gasteiger charge is -2.13. The van der Waals surface area contributed by atoms with Crippen LogP contribution in [0.4, 0.5) is 5.82 Å². The van der Waals surface area contributed by atoms with E-state index in [1.165, 1.54) is 31.2 Å². The molecule has 1 aliphatic rings. The summed E-state index contributed by atoms with van der Waals surface area (Å²) in [6, 6.07) is 8.35. The normalized spacial score (nSPS) is 15.7. The Kier molecular flexibility index (Phi) is 3.38. The summed E-state index contributed by atoms with van der Waals surface area (Å²) < 4.78 is 7.17. The van der Waals surface area contributed by atoms with Crippen molar-refractivity contribution in [3.63, 3.8) is 0 Å². The van der Waals surface area contributed by atoms with E-state index in [4.69, 9.17) is 10.5 Å². The lowest BCUT2D eigenvalue weighted by molar-refractivity contribution is 0.416. The van der Waals surface area contributed by atoms with Crippen LogP contribution in [0, 0.1) is 0 Å². The zero-order valence-electron chi connectivity index (χ0n) is 12.1. The van der Waals surface area contributed by atoms with Gasteiger partial charge in [0, 0.05) is 18.7 Å². The monoisotopic (exact) mass is 271 g/mol. The summed E-state index contributed by atoms with van der Waals surface area (Å²) in [5, 5.41) is 4.47. The topological polar surface area (TPSA) is 53.1 Å². The summed E-state index contributed by atoms with van der Waals surface area (Å²) in [6.45, 7) is 0. The number of aryl methyl sites for hydroxylation is 1. The lowest BCUT2D eigenvalue weighted by atomic mass is 9.95. The van der Waals surface area contributed by atoms with Crippen molar-refractivity contribution in [3.05, 3.63) is 29.8 Å². The maximum Gasteiger partial charge on any atom is 0.128 e. The van der Waals surface area contributed by atoms with Gasteiger partial charge in [-0.15, -0.1) is 0 Å². The molecule has 0 amide bonds. The summed E-state index contributed by atoms with van der Waals surface area (Å²) in [5.74, 6) is 2.19. The van der Waals surface area contributed by atoms with Crippen LogP contribution in [0.25, 0.3) is 11.3 Å². The van der Waals surface area contributed by atoms with Crippen LogP contribution in [-0.2, 0) is 7.05 Å². The number of rotatable bonds is 3. The van der Waals surface area contributed by atoms with Crippen LogP contribution < -0.4 is 10.5 Å². The van der Waals surface area contributed by atoms with E-state index in [2.05, 4.69) is 17.2 Å². The lowest BCUT2D eigenvalue weighted by Crippen LogP contribution is -1.97. The standard InChI is InChI=1S/C16H21N3O/c1-19-16(17)10-14(18-19)13-9-12(7-8-15(13)20-2)11-5-3-4-6-11/h7-11H,3-6,17H2,1-2H3. The molecule has 0 saturated heterocycles. The van der Waals surface area contributed by atoms with E-state index < -0.39 is 0 Å². The SMILES string of the molecule is COc1ccc(C2CCCC2)cc1-c1cc(N)n(C)n1. The molecule has 2 N–H and O–H groups in total. The van der Waals surface area contributed by atoms with Crippen LogP contribution in [0.1, 0.15) is 37.2 Å². The molecular formula is C16H21N3O. The highest BCUT2D eigenvalue weighted by molar-refractivity contribution is 5.70. The smallest absolute Gasteiger partial charge is 0.128 e. The number of hydrogen-bond donors (Lipinski definition) is 1. The Hall–Kier alpha value is -1.97. The molecule has 0 atom stereocenters. The zero-order chi connectivity index (χ0) is 14.1. The minimum absolute atomic E-state index is 0.660. The molecule has 1 aromatic heterocycles. The van der Waals surface area contributed by atoms with Crippen LogP contribution in [0.2, 0.25) is 0 Å². The van der Waals surface area contributed by atoms with Gasteiger partial charge in [0.15, 0.2) is 0 Å². The second-order valence-corrected chi connectivity index (χ2v) is 5.52. The first kappa shape index (κ1) is 13.0. The van der Waals surface area contributed by atoms with Crippen molar-refractivity contribution >= 4 is 5.82 Å². The minimum atomic E-state index is 0.660. The van der Waals surface area contributed by atoms with E-state index in [0.29, 0.717) is 11.7 Å². The highest BCUT2D eigenvalue weighted by atomic mass is 16.5. The number of nitrogen functional groups attached to an aromatic ring is 1. The van der Waals surface area contributed by atoms with Crippen LogP contribution in [0.15, 0.2) is 24.3 Å². The molecule has 4 heteroatoms. The Morgan fingerprint density at radius 3 is 2.60 bits per heavy atom. The van der Waals surface area contributed by atoms with E-state index in [1.807, 2.05) is 19.2 Å². The van der Waals surface area contributed by atoms with Gasteiger partial charge in [-0.25, -0.2) is 0 Å². The van der Waals surface area contributed by atoms with E-state index in [9.17, 15) is 0 Å². The van der Waals surface area contributed by atoms with Gasteiger partial charge in [0.2, 0.25) is 0 Å². The maximum absolute atomic E-state index is 5.89. The summed E-state index contributed by atoms with van der Waals surface area (Å²) >= 11 is 0. The third kappa shape index (κ3) is 2.26. The molecule has 0 bridgehead atoms. The molecule has 0 radical (unpaired) electrons. The molecule has 1 aromatic carbocycles. The van der Waals surface area contributed by atoms with Crippen molar-refractivity contribution in [3.8, 4) is 17.0 Å². The van der Waals surface area contributed by atoms with Gasteiger partial charge in [-0.3, -0.25) is 4.68 Å². The predicted molar refractivity (Wildman–Crippen MR) is 80.8 cm³/mol. The summed E-state index contributed by atoms with van der Waals surface area (Å²) in [4.78, 5) is 0. The van der Waals surface area contributed by atoms with Gasteiger partial charge in [-0.2, -0.15) is 5.10 Å². The van der Waals surface area contributed by atoms with Crippen LogP contribution >= 0.6 is 0 Å². The van der Waals surface area contributed by atoms with E-state index in [0.717, 1.165) is 17.0 Å². The average molecular weight is 271 g/mol. The number of nitrogens with zero attached hydrogens (tertiary/aromatic N) is 2. The number of nitrogens with two attached hydrogens (primary N) is 1. The van der Waals surface area contributed by atoms with Gasteiger partial charge < -0.3 is 10.5 Å². The van der Waals surface area contributed by atoms with Crippen molar-refractivity contribution in [1.29, 1.82) is 0 Å². The van der Waals surface area contributed by atoms with Gasteiger partial charge in [0.25, 0.3) is 0 Å². The maximum atomic E-state index is 5.89. The number of methoxy groups -OCH3 is 1. The quantitative estimate of drug-likeness (QED) is 0.931. The number of hydrogen-bond acceptors (Lipinski definition) is 3. The molecule has 106 valence electrons. The average Bonchev–Trinajstić information content (AvgIpc) is 3.09. The first-order valence-corrected chi connectivity index (χ1v) is 7.17. The molecule has 3 rings (SSSR count). The van der Waals surface area contributed by atoms with E-state index >= 15 is 0 Å². The molecule has 4 nitrogen and oxygen atoms in total. The van der Waals surface area contributed by atoms with Crippen LogP contribution in [0.5, 0.6) is 5.75 Å². The number of aromatic nitrogens is 2. The molecule has 0 unspecified atom stereocenters. The Morgan fingerprint density at radius 1 is 1.25 bits per heavy atom. The fourth-order valence-corrected chi connectivity index (χ4v) is 3.05. The summed E-state index contributed by atoms with van der Waals surface area (Å²) in [6.07, 6.45) is 5.25. The highest BCUT2D eigenvalue weighted by Gasteiger charge is 2.19. The van der Waals surface area contributed by atoms with Crippen LogP contribution in [-0.4, -0.2) is 16.9 Å². The second kappa shape index (κ2) is 5.19. The van der Waals surface area contributed by atoms with Gasteiger partial charge in [-0.1, -0.05) is 18.9 Å². The van der Waals surface area contributed by atoms with Gasteiger partial charge in [0.1, 0.15) is 11.6 Å².